The average Bonchev–Trinajstić information content (AvgIpc) is 4.02. The molecule has 0 unspecified atom stereocenters. The molecule has 2 aromatic carbocycles. The van der Waals surface area contributed by atoms with E-state index in [1.807, 2.05) is 19.1 Å². The molecule has 2 aliphatic rings. The molecule has 4 heterocycles. The molecule has 2 aliphatic carbocycles. The number of aryl methyl sites for hydroxylation is 6. The van der Waals surface area contributed by atoms with Crippen LogP contribution in [0.25, 0.3) is 43.2 Å². The van der Waals surface area contributed by atoms with Crippen LogP contribution in [0.1, 0.15) is 52.2 Å². The van der Waals surface area contributed by atoms with Gasteiger partial charge in [0.2, 0.25) is 0 Å². The van der Waals surface area contributed by atoms with E-state index in [-0.39, 0.29) is 46.8 Å². The Kier molecular flexibility index (Phi) is 11.9. The van der Waals surface area contributed by atoms with Gasteiger partial charge in [0.25, 0.3) is 0 Å². The highest BCUT2D eigenvalue weighted by molar-refractivity contribution is 7.16. The smallest absolute Gasteiger partial charge is 0.380 e. The normalized spacial score (nSPS) is 18.9. The lowest BCUT2D eigenvalue weighted by Crippen LogP contribution is -2.48. The van der Waals surface area contributed by atoms with Crippen molar-refractivity contribution in [2.24, 2.45) is 0 Å². The van der Waals surface area contributed by atoms with Gasteiger partial charge in [0.1, 0.15) is 5.75 Å². The molecule has 0 saturated heterocycles. The van der Waals surface area contributed by atoms with Gasteiger partial charge in [-0.2, -0.15) is 52.7 Å². The first-order chi connectivity index (χ1) is 29.6. The summed E-state index contributed by atoms with van der Waals surface area (Å²) in [5.41, 5.74) is -4.19. The lowest BCUT2D eigenvalue weighted by Gasteiger charge is -2.25. The third-order valence-electron chi connectivity index (χ3n) is 11.1. The van der Waals surface area contributed by atoms with Gasteiger partial charge in [-0.3, -0.25) is 0 Å². The second kappa shape index (κ2) is 16.1. The molecule has 0 amide bonds. The summed E-state index contributed by atoms with van der Waals surface area (Å²) in [7, 11) is 2.78. The zero-order valence-corrected chi connectivity index (χ0v) is 38.2. The summed E-state index contributed by atoms with van der Waals surface area (Å²) in [6.07, 6.45) is 0. The molecule has 2 nitrogen and oxygen atoms in total. The largest absolute Gasteiger partial charge is 0.497 e. The number of thiophene rings is 4. The Morgan fingerprint density at radius 1 is 0.391 bits per heavy atom. The van der Waals surface area contributed by atoms with E-state index in [0.717, 1.165) is 57.0 Å². The van der Waals surface area contributed by atoms with Gasteiger partial charge in [0, 0.05) is 62.0 Å². The fraction of sp³-hybridized carbons (Fsp3) is 0.304. The van der Waals surface area contributed by atoms with Crippen molar-refractivity contribution in [3.05, 3.63) is 125 Å². The van der Waals surface area contributed by atoms with Crippen LogP contribution in [0.4, 0.5) is 52.7 Å². The van der Waals surface area contributed by atoms with E-state index in [2.05, 4.69) is 0 Å². The van der Waals surface area contributed by atoms with Gasteiger partial charge in [-0.15, -0.1) is 45.3 Å². The predicted octanol–water partition coefficient (Wildman–Crippen LogP) is 16.5. The van der Waals surface area contributed by atoms with Gasteiger partial charge in [-0.1, -0.05) is 29.8 Å². The van der Waals surface area contributed by atoms with Gasteiger partial charge in [0.15, 0.2) is 5.06 Å². The van der Waals surface area contributed by atoms with Crippen LogP contribution in [0, 0.1) is 41.5 Å². The number of ether oxygens (including phenoxy) is 2. The van der Waals surface area contributed by atoms with Gasteiger partial charge < -0.3 is 9.47 Å². The zero-order chi connectivity index (χ0) is 47.3. The van der Waals surface area contributed by atoms with E-state index in [4.69, 9.17) is 9.47 Å². The second-order valence-electron chi connectivity index (χ2n) is 15.3. The number of alkyl halides is 12. The maximum absolute atomic E-state index is 15.4. The SMILES string of the molecule is COc1cc(C2=C(c3cc(C)sc3C)C(F)(F)C(F)(F)C2(F)F)c(C)s1.COc1ccc(-c2cc(C3=C(c4cc(-c5ccc(C)cc5)sc4C)C(F)(F)C(F)(F)C3(F)F)c(C)s2)cc1. The van der Waals surface area contributed by atoms with Crippen LogP contribution in [-0.4, -0.2) is 49.8 Å². The highest BCUT2D eigenvalue weighted by Crippen LogP contribution is 2.67. The molecule has 0 saturated carbocycles. The van der Waals surface area contributed by atoms with Crippen LogP contribution in [0.3, 0.4) is 0 Å². The number of hydrogen-bond acceptors (Lipinski definition) is 6. The molecule has 0 aliphatic heterocycles. The quantitative estimate of drug-likeness (QED) is 0.142. The van der Waals surface area contributed by atoms with Gasteiger partial charge in [-0.05, 0) is 118 Å². The highest BCUT2D eigenvalue weighted by atomic mass is 32.1. The van der Waals surface area contributed by atoms with Crippen molar-refractivity contribution < 1.29 is 62.2 Å². The van der Waals surface area contributed by atoms with Crippen molar-refractivity contribution in [3.8, 4) is 31.7 Å². The van der Waals surface area contributed by atoms with Gasteiger partial charge in [0.05, 0.1) is 14.2 Å². The van der Waals surface area contributed by atoms with E-state index in [1.165, 1.54) is 60.1 Å². The standard InChI is InChI=1S/C29H22F6OS2.C17H14F6OS2/c1-15-5-7-18(8-6-15)23-13-21(16(2)37-23)25-26(28(32,33)29(34,35)27(25,30)31)22-14-24(38-17(22)3)19-9-11-20(36-4)12-10-19;1-7-5-10(8(2)25-7)13-14(11-6-12(24-4)26-9(11)3)16(20,21)17(22,23)15(13,18)19/h5-14H,1-4H3;5-6H,1-4H3. The Hall–Kier alpha value is -4.52. The third kappa shape index (κ3) is 7.21. The number of benzene rings is 2. The molecule has 8 rings (SSSR count). The maximum Gasteiger partial charge on any atom is 0.380 e. The molecule has 18 heteroatoms. The van der Waals surface area contributed by atoms with Crippen LogP contribution < -0.4 is 9.47 Å². The van der Waals surface area contributed by atoms with Crippen LogP contribution in [0.2, 0.25) is 0 Å². The monoisotopic (exact) mass is 976 g/mol. The van der Waals surface area contributed by atoms with Gasteiger partial charge in [-0.25, -0.2) is 0 Å². The van der Waals surface area contributed by atoms with E-state index >= 15 is 17.6 Å². The summed E-state index contributed by atoms with van der Waals surface area (Å²) in [6, 6.07) is 18.9. The first-order valence-electron chi connectivity index (χ1n) is 19.1. The summed E-state index contributed by atoms with van der Waals surface area (Å²) < 4.78 is 188. The molecule has 0 N–H and O–H groups in total. The van der Waals surface area contributed by atoms with Crippen LogP contribution in [-0.2, 0) is 0 Å². The highest BCUT2D eigenvalue weighted by Gasteiger charge is 2.81. The first kappa shape index (κ1) is 47.4. The number of methoxy groups -OCH3 is 2. The van der Waals surface area contributed by atoms with Crippen LogP contribution >= 0.6 is 45.3 Å². The fourth-order valence-corrected chi connectivity index (χ4v) is 11.6. The van der Waals surface area contributed by atoms with Crippen LogP contribution in [0.5, 0.6) is 10.8 Å². The topological polar surface area (TPSA) is 18.5 Å². The number of allylic oxidation sites excluding steroid dienone is 4. The Morgan fingerprint density at radius 2 is 0.734 bits per heavy atom. The lowest BCUT2D eigenvalue weighted by molar-refractivity contribution is -0.254. The second-order valence-corrected chi connectivity index (χ2v) is 20.5. The first-order valence-corrected chi connectivity index (χ1v) is 22.3. The van der Waals surface area contributed by atoms with E-state index in [1.54, 1.807) is 43.3 Å². The molecule has 6 aromatic rings. The summed E-state index contributed by atoms with van der Waals surface area (Å²) in [5, 5.41) is 0.178. The Morgan fingerprint density at radius 3 is 1.08 bits per heavy atom. The average molecular weight is 977 g/mol. The van der Waals surface area contributed by atoms with Crippen molar-refractivity contribution in [2.45, 2.75) is 77.1 Å². The Balaban J connectivity index is 0.000000206. The van der Waals surface area contributed by atoms with E-state index < -0.39 is 57.8 Å². The molecular weight excluding hydrogens is 941 g/mol. The summed E-state index contributed by atoms with van der Waals surface area (Å²) in [6.45, 7) is 9.30. The Labute approximate surface area is 376 Å². The molecule has 0 fully saturated rings. The minimum Gasteiger partial charge on any atom is -0.497 e. The molecule has 4 aromatic heterocycles. The van der Waals surface area contributed by atoms with Crippen molar-refractivity contribution in [2.75, 3.05) is 14.2 Å². The lowest BCUT2D eigenvalue weighted by atomic mass is 9.94. The van der Waals surface area contributed by atoms with E-state index in [9.17, 15) is 35.1 Å². The fourth-order valence-electron chi connectivity index (χ4n) is 7.77. The minimum atomic E-state index is -5.60. The van der Waals surface area contributed by atoms with E-state index in [0.29, 0.717) is 31.5 Å². The Bertz CT molecular complexity index is 2820. The number of halogens is 12. The molecule has 0 bridgehead atoms. The summed E-state index contributed by atoms with van der Waals surface area (Å²) in [5.74, 6) is -30.8. The molecule has 340 valence electrons. The maximum atomic E-state index is 15.4. The zero-order valence-electron chi connectivity index (χ0n) is 34.9. The molecular formula is C46H36F12O2S4. The van der Waals surface area contributed by atoms with Gasteiger partial charge >= 0.3 is 35.5 Å². The molecule has 0 spiro atoms. The van der Waals surface area contributed by atoms with Crippen molar-refractivity contribution in [1.29, 1.82) is 0 Å². The predicted molar refractivity (Wildman–Crippen MR) is 233 cm³/mol. The van der Waals surface area contributed by atoms with Crippen molar-refractivity contribution in [1.82, 2.24) is 0 Å². The van der Waals surface area contributed by atoms with Crippen molar-refractivity contribution >= 4 is 67.6 Å². The summed E-state index contributed by atoms with van der Waals surface area (Å²) >= 11 is 4.20. The third-order valence-corrected chi connectivity index (χ3v) is 15.3. The van der Waals surface area contributed by atoms with Crippen molar-refractivity contribution in [3.63, 3.8) is 0 Å². The minimum absolute atomic E-state index is 0.178. The number of hydrogen-bond donors (Lipinski definition) is 0. The van der Waals surface area contributed by atoms with Crippen LogP contribution in [0.15, 0.2) is 72.8 Å². The number of rotatable bonds is 8. The molecule has 0 atom stereocenters. The molecule has 64 heavy (non-hydrogen) atoms. The molecule has 0 radical (unpaired) electrons. The summed E-state index contributed by atoms with van der Waals surface area (Å²) in [4.78, 5) is 2.56.